The Balaban J connectivity index is 2.15. The number of nitrogens with one attached hydrogen (secondary N) is 1. The van der Waals surface area contributed by atoms with Crippen LogP contribution in [0.2, 0.25) is 0 Å². The first-order chi connectivity index (χ1) is 11.7. The molecule has 1 N–H and O–H groups in total. The van der Waals surface area contributed by atoms with E-state index in [1.165, 1.54) is 11.8 Å². The van der Waals surface area contributed by atoms with Crippen LogP contribution >= 0.6 is 11.8 Å². The lowest BCUT2D eigenvalue weighted by Gasteiger charge is -2.11. The van der Waals surface area contributed by atoms with Crippen molar-refractivity contribution >= 4 is 22.5 Å². The van der Waals surface area contributed by atoms with Crippen LogP contribution in [0.1, 0.15) is 19.4 Å². The Hall–Kier alpha value is -2.11. The average molecular weight is 340 g/mol. The number of nitrogens with zero attached hydrogens (tertiary/aromatic N) is 1. The minimum Gasteiger partial charge on any atom is -0.371 e. The van der Waals surface area contributed by atoms with Crippen molar-refractivity contribution in [2.75, 3.05) is 12.5 Å². The van der Waals surface area contributed by atoms with Gasteiger partial charge in [-0.15, -0.1) is 0 Å². The first kappa shape index (κ1) is 16.7. The van der Waals surface area contributed by atoms with Crippen LogP contribution in [-0.4, -0.2) is 22.5 Å². The Morgan fingerprint density at radius 2 is 1.92 bits per heavy atom. The molecule has 0 amide bonds. The molecule has 0 fully saturated rings. The van der Waals surface area contributed by atoms with Crippen molar-refractivity contribution in [3.05, 3.63) is 58.4 Å². The molecule has 0 aliphatic heterocycles. The first-order valence-corrected chi connectivity index (χ1v) is 9.05. The van der Waals surface area contributed by atoms with Crippen LogP contribution in [0.5, 0.6) is 0 Å². The van der Waals surface area contributed by atoms with E-state index in [9.17, 15) is 4.79 Å². The quantitative estimate of drug-likeness (QED) is 0.316. The number of H-pyrrole nitrogens is 1. The summed E-state index contributed by atoms with van der Waals surface area (Å²) in [6, 6.07) is 14.3. The van der Waals surface area contributed by atoms with E-state index >= 15 is 0 Å². The monoisotopic (exact) mass is 340 g/mol. The molecule has 3 rings (SSSR count). The van der Waals surface area contributed by atoms with E-state index in [1.54, 1.807) is 0 Å². The first-order valence-electron chi connectivity index (χ1n) is 8.06. The molecule has 0 saturated heterocycles. The van der Waals surface area contributed by atoms with Gasteiger partial charge in [0.15, 0.2) is 5.16 Å². The smallest absolute Gasteiger partial charge is 0.255 e. The second-order valence-corrected chi connectivity index (χ2v) is 6.24. The van der Waals surface area contributed by atoms with E-state index in [4.69, 9.17) is 9.72 Å². The summed E-state index contributed by atoms with van der Waals surface area (Å²) >= 11 is 1.40. The Morgan fingerprint density at radius 1 is 1.12 bits per heavy atom. The molecule has 0 bridgehead atoms. The molecule has 1 aromatic heterocycles. The zero-order valence-electron chi connectivity index (χ0n) is 13.8. The van der Waals surface area contributed by atoms with Crippen LogP contribution in [0.25, 0.3) is 22.0 Å². The van der Waals surface area contributed by atoms with Gasteiger partial charge in [0, 0.05) is 17.7 Å². The van der Waals surface area contributed by atoms with E-state index in [-0.39, 0.29) is 5.56 Å². The summed E-state index contributed by atoms with van der Waals surface area (Å²) in [6.45, 7) is 4.56. The number of thioether (sulfide) groups is 1. The third kappa shape index (κ3) is 3.37. The van der Waals surface area contributed by atoms with Gasteiger partial charge in [0.25, 0.3) is 5.56 Å². The molecular formula is C19H20N2O2S. The van der Waals surface area contributed by atoms with E-state index in [1.807, 2.05) is 38.1 Å². The fourth-order valence-electron chi connectivity index (χ4n) is 2.71. The van der Waals surface area contributed by atoms with E-state index < -0.39 is 0 Å². The molecule has 0 saturated carbocycles. The third-order valence-electron chi connectivity index (χ3n) is 3.88. The van der Waals surface area contributed by atoms with Gasteiger partial charge >= 0.3 is 0 Å². The normalized spacial score (nSPS) is 11.1. The molecule has 124 valence electrons. The topological polar surface area (TPSA) is 55.0 Å². The fraction of sp³-hybridized carbons (Fsp3) is 0.263. The van der Waals surface area contributed by atoms with Crippen molar-refractivity contribution in [1.82, 2.24) is 9.97 Å². The molecule has 4 nitrogen and oxygen atoms in total. The summed E-state index contributed by atoms with van der Waals surface area (Å²) in [5.41, 5.74) is 2.40. The average Bonchev–Trinajstić information content (AvgIpc) is 2.61. The molecule has 0 atom stereocenters. The lowest BCUT2D eigenvalue weighted by Crippen LogP contribution is -2.16. The third-order valence-corrected chi connectivity index (χ3v) is 4.63. The summed E-state index contributed by atoms with van der Waals surface area (Å²) in [4.78, 5) is 20.1. The highest BCUT2D eigenvalue weighted by Gasteiger charge is 2.14. The maximum atomic E-state index is 12.5. The molecule has 0 radical (unpaired) electrons. The maximum absolute atomic E-state index is 12.5. The number of ether oxygens (including phenoxy) is 1. The van der Waals surface area contributed by atoms with E-state index in [0.29, 0.717) is 29.7 Å². The molecule has 0 spiro atoms. The molecule has 0 aliphatic rings. The van der Waals surface area contributed by atoms with Crippen LogP contribution in [0, 0.1) is 0 Å². The second-order valence-electron chi connectivity index (χ2n) is 5.33. The molecule has 1 heterocycles. The lowest BCUT2D eigenvalue weighted by atomic mass is 9.99. The fourth-order valence-corrected chi connectivity index (χ4v) is 3.39. The Bertz CT molecular complexity index is 900. The van der Waals surface area contributed by atoms with Crippen molar-refractivity contribution in [1.29, 1.82) is 0 Å². The van der Waals surface area contributed by atoms with Crippen LogP contribution in [0.15, 0.2) is 52.4 Å². The number of aromatic nitrogens is 2. The van der Waals surface area contributed by atoms with Gasteiger partial charge < -0.3 is 9.72 Å². The number of fused-ring (bicyclic) bond motifs is 1. The molecule has 2 aromatic carbocycles. The highest BCUT2D eigenvalue weighted by molar-refractivity contribution is 7.99. The van der Waals surface area contributed by atoms with Gasteiger partial charge in [-0.2, -0.15) is 0 Å². The van der Waals surface area contributed by atoms with Crippen LogP contribution < -0.4 is 5.56 Å². The molecule has 3 aromatic rings. The van der Waals surface area contributed by atoms with Crippen molar-refractivity contribution in [2.45, 2.75) is 25.4 Å². The summed E-state index contributed by atoms with van der Waals surface area (Å²) < 4.78 is 5.35. The second kappa shape index (κ2) is 7.64. The Morgan fingerprint density at radius 3 is 2.71 bits per heavy atom. The standard InChI is InChI=1S/C19H20N2O2S/c1-3-14-17(20-19(21-18(14)22)24-12-23-4-2)16-11-7-9-13-8-5-6-10-15(13)16/h5-11H,3-4,12H2,1-2H3,(H,20,21,22). The highest BCUT2D eigenvalue weighted by atomic mass is 32.2. The molecule has 24 heavy (non-hydrogen) atoms. The van der Waals surface area contributed by atoms with E-state index in [0.717, 1.165) is 22.0 Å². The van der Waals surface area contributed by atoms with Gasteiger partial charge in [0.2, 0.25) is 0 Å². The van der Waals surface area contributed by atoms with Crippen LogP contribution in [0.4, 0.5) is 0 Å². The summed E-state index contributed by atoms with van der Waals surface area (Å²) in [6.07, 6.45) is 0.636. The number of aromatic amines is 1. The number of hydrogen-bond acceptors (Lipinski definition) is 4. The maximum Gasteiger partial charge on any atom is 0.255 e. The zero-order chi connectivity index (χ0) is 16.9. The summed E-state index contributed by atoms with van der Waals surface area (Å²) in [7, 11) is 0. The summed E-state index contributed by atoms with van der Waals surface area (Å²) in [5, 5.41) is 2.84. The molecule has 0 aliphatic carbocycles. The number of benzene rings is 2. The SMILES string of the molecule is CCOCSc1nc(-c2cccc3ccccc23)c(CC)c(=O)[nH]1. The van der Waals surface area contributed by atoms with Gasteiger partial charge in [-0.25, -0.2) is 4.98 Å². The highest BCUT2D eigenvalue weighted by Crippen LogP contribution is 2.29. The van der Waals surface area contributed by atoms with Gasteiger partial charge in [-0.3, -0.25) is 4.79 Å². The predicted molar refractivity (Wildman–Crippen MR) is 99.5 cm³/mol. The van der Waals surface area contributed by atoms with E-state index in [2.05, 4.69) is 23.2 Å². The van der Waals surface area contributed by atoms with Crippen LogP contribution in [0.3, 0.4) is 0 Å². The predicted octanol–water partition coefficient (Wildman–Crippen LogP) is 4.24. The van der Waals surface area contributed by atoms with Crippen molar-refractivity contribution < 1.29 is 4.74 Å². The molecule has 0 unspecified atom stereocenters. The zero-order valence-corrected chi connectivity index (χ0v) is 14.7. The number of hydrogen-bond donors (Lipinski definition) is 1. The molecular weight excluding hydrogens is 320 g/mol. The van der Waals surface area contributed by atoms with Crippen LogP contribution in [-0.2, 0) is 11.2 Å². The molecule has 5 heteroatoms. The van der Waals surface area contributed by atoms with Crippen molar-refractivity contribution in [3.63, 3.8) is 0 Å². The van der Waals surface area contributed by atoms with Gasteiger partial charge in [-0.1, -0.05) is 61.2 Å². The van der Waals surface area contributed by atoms with Crippen molar-refractivity contribution in [3.8, 4) is 11.3 Å². The number of rotatable bonds is 6. The Labute approximate surface area is 145 Å². The summed E-state index contributed by atoms with van der Waals surface area (Å²) in [5.74, 6) is 0.472. The van der Waals surface area contributed by atoms with Crippen molar-refractivity contribution in [2.24, 2.45) is 0 Å². The Kier molecular flexibility index (Phi) is 5.33. The lowest BCUT2D eigenvalue weighted by molar-refractivity contribution is 0.199. The minimum absolute atomic E-state index is 0.0746. The largest absolute Gasteiger partial charge is 0.371 e. The van der Waals surface area contributed by atoms with Gasteiger partial charge in [0.1, 0.15) is 0 Å². The minimum atomic E-state index is -0.0746. The van der Waals surface area contributed by atoms with Gasteiger partial charge in [-0.05, 0) is 24.1 Å². The van der Waals surface area contributed by atoms with Gasteiger partial charge in [0.05, 0.1) is 11.6 Å².